The summed E-state index contributed by atoms with van der Waals surface area (Å²) in [5, 5.41) is 11.8. The molecule has 136 valence electrons. The van der Waals surface area contributed by atoms with Crippen LogP contribution in [0.15, 0.2) is 24.5 Å². The normalized spacial score (nSPS) is 17.0. The molecule has 0 unspecified atom stereocenters. The van der Waals surface area contributed by atoms with Crippen LogP contribution in [-0.4, -0.2) is 45.0 Å². The highest BCUT2D eigenvalue weighted by Gasteiger charge is 2.22. The van der Waals surface area contributed by atoms with Crippen LogP contribution in [0.5, 0.6) is 0 Å². The Balaban J connectivity index is 1.51. The molecule has 0 aromatic carbocycles. The van der Waals surface area contributed by atoms with Gasteiger partial charge < -0.3 is 5.32 Å². The van der Waals surface area contributed by atoms with Gasteiger partial charge >= 0.3 is 0 Å². The molecule has 2 aromatic heterocycles. The Morgan fingerprint density at radius 1 is 1.24 bits per heavy atom. The number of rotatable bonds is 5. The Kier molecular flexibility index (Phi) is 5.37. The third-order valence-corrected chi connectivity index (χ3v) is 4.98. The Labute approximate surface area is 150 Å². The lowest BCUT2D eigenvalue weighted by Gasteiger charge is -2.32. The van der Waals surface area contributed by atoms with E-state index < -0.39 is 0 Å². The fraction of sp³-hybridized carbons (Fsp3) is 0.632. The number of nitrogens with zero attached hydrogens (tertiary/aromatic N) is 5. The molecule has 6 heteroatoms. The van der Waals surface area contributed by atoms with Crippen molar-refractivity contribution < 1.29 is 0 Å². The van der Waals surface area contributed by atoms with Gasteiger partial charge in [-0.15, -0.1) is 5.10 Å². The molecule has 0 atom stereocenters. The average Bonchev–Trinajstić information content (AvgIpc) is 3.06. The topological polar surface area (TPSA) is 58.9 Å². The summed E-state index contributed by atoms with van der Waals surface area (Å²) in [4.78, 5) is 6.92. The van der Waals surface area contributed by atoms with Gasteiger partial charge in [-0.3, -0.25) is 9.58 Å². The molecule has 1 N–H and O–H groups in total. The van der Waals surface area contributed by atoms with Gasteiger partial charge in [0.15, 0.2) is 0 Å². The lowest BCUT2D eigenvalue weighted by Crippen LogP contribution is -2.34. The van der Waals surface area contributed by atoms with E-state index >= 15 is 0 Å². The van der Waals surface area contributed by atoms with Crippen molar-refractivity contribution in [3.05, 3.63) is 35.8 Å². The largest absolute Gasteiger partial charge is 0.373 e. The van der Waals surface area contributed by atoms with Crippen molar-refractivity contribution in [2.75, 3.05) is 25.5 Å². The van der Waals surface area contributed by atoms with E-state index in [9.17, 15) is 0 Å². The second kappa shape index (κ2) is 7.52. The number of nitrogens with one attached hydrogen (secondary N) is 1. The van der Waals surface area contributed by atoms with Crippen LogP contribution in [0.4, 0.5) is 5.82 Å². The minimum atomic E-state index is 0.0658. The van der Waals surface area contributed by atoms with Gasteiger partial charge in [0.1, 0.15) is 5.82 Å². The quantitative estimate of drug-likeness (QED) is 0.905. The fourth-order valence-electron chi connectivity index (χ4n) is 3.36. The summed E-state index contributed by atoms with van der Waals surface area (Å²) in [5.41, 5.74) is 2.41. The highest BCUT2D eigenvalue weighted by Crippen LogP contribution is 2.23. The van der Waals surface area contributed by atoms with E-state index in [0.717, 1.165) is 37.7 Å². The maximum Gasteiger partial charge on any atom is 0.130 e. The summed E-state index contributed by atoms with van der Waals surface area (Å²) in [7, 11) is 1.93. The molecule has 3 heterocycles. The van der Waals surface area contributed by atoms with Gasteiger partial charge in [0.2, 0.25) is 0 Å². The van der Waals surface area contributed by atoms with Crippen molar-refractivity contribution in [1.82, 2.24) is 24.9 Å². The minimum Gasteiger partial charge on any atom is -0.373 e. The number of pyridine rings is 1. The van der Waals surface area contributed by atoms with Gasteiger partial charge in [-0.05, 0) is 37.9 Å². The lowest BCUT2D eigenvalue weighted by molar-refractivity contribution is 0.164. The predicted molar refractivity (Wildman–Crippen MR) is 101 cm³/mol. The lowest BCUT2D eigenvalue weighted by atomic mass is 9.93. The number of hydrogen-bond donors (Lipinski definition) is 1. The highest BCUT2D eigenvalue weighted by atomic mass is 15.4. The molecule has 25 heavy (non-hydrogen) atoms. The fourth-order valence-corrected chi connectivity index (χ4v) is 3.36. The summed E-state index contributed by atoms with van der Waals surface area (Å²) >= 11 is 0. The van der Waals surface area contributed by atoms with Gasteiger partial charge in [-0.2, -0.15) is 0 Å². The molecule has 2 aromatic rings. The molecule has 1 saturated heterocycles. The van der Waals surface area contributed by atoms with E-state index in [1.54, 1.807) is 0 Å². The molecular weight excluding hydrogens is 312 g/mol. The molecule has 1 aliphatic heterocycles. The van der Waals surface area contributed by atoms with Crippen LogP contribution < -0.4 is 5.32 Å². The minimum absolute atomic E-state index is 0.0658. The monoisotopic (exact) mass is 342 g/mol. The second-order valence-electron chi connectivity index (χ2n) is 8.06. The van der Waals surface area contributed by atoms with Crippen molar-refractivity contribution in [3.63, 3.8) is 0 Å². The Morgan fingerprint density at radius 3 is 2.64 bits per heavy atom. The number of piperidine rings is 1. The van der Waals surface area contributed by atoms with E-state index in [-0.39, 0.29) is 5.41 Å². The molecular formula is C19H30N6. The van der Waals surface area contributed by atoms with Crippen LogP contribution in [0.3, 0.4) is 0 Å². The smallest absolute Gasteiger partial charge is 0.130 e. The van der Waals surface area contributed by atoms with Crippen molar-refractivity contribution in [2.24, 2.45) is 5.92 Å². The maximum absolute atomic E-state index is 4.40. The zero-order valence-corrected chi connectivity index (χ0v) is 15.9. The molecule has 1 fully saturated rings. The Hall–Kier alpha value is -1.95. The average molecular weight is 342 g/mol. The van der Waals surface area contributed by atoms with Crippen molar-refractivity contribution in [3.8, 4) is 0 Å². The summed E-state index contributed by atoms with van der Waals surface area (Å²) in [6, 6.07) is 4.18. The Morgan fingerprint density at radius 2 is 2.00 bits per heavy atom. The van der Waals surface area contributed by atoms with Crippen molar-refractivity contribution in [1.29, 1.82) is 0 Å². The number of aromatic nitrogens is 4. The predicted octanol–water partition coefficient (Wildman–Crippen LogP) is 2.92. The standard InChI is InChI=1S/C19H30N6/c1-19(2,3)17-14-25(23-22-17)12-15-7-10-24(11-8-15)13-16-6-5-9-21-18(16)20-4/h5-6,9,14-15H,7-8,10-13H2,1-4H3,(H,20,21). The van der Waals surface area contributed by atoms with Crippen LogP contribution in [-0.2, 0) is 18.5 Å². The van der Waals surface area contributed by atoms with Crippen LogP contribution in [0.2, 0.25) is 0 Å². The SMILES string of the molecule is CNc1ncccc1CN1CCC(Cn2cc(C(C)(C)C)nn2)CC1. The number of anilines is 1. The van der Waals surface area contributed by atoms with Crippen LogP contribution >= 0.6 is 0 Å². The van der Waals surface area contributed by atoms with E-state index in [0.29, 0.717) is 5.92 Å². The molecule has 0 aliphatic carbocycles. The first kappa shape index (κ1) is 17.9. The third-order valence-electron chi connectivity index (χ3n) is 4.98. The molecule has 0 radical (unpaired) electrons. The van der Waals surface area contributed by atoms with Gasteiger partial charge in [0.25, 0.3) is 0 Å². The number of likely N-dealkylation sites (tertiary alicyclic amines) is 1. The van der Waals surface area contributed by atoms with Crippen LogP contribution in [0, 0.1) is 5.92 Å². The first-order chi connectivity index (χ1) is 12.0. The first-order valence-corrected chi connectivity index (χ1v) is 9.20. The van der Waals surface area contributed by atoms with Gasteiger partial charge in [-0.1, -0.05) is 32.1 Å². The second-order valence-corrected chi connectivity index (χ2v) is 8.06. The summed E-state index contributed by atoms with van der Waals surface area (Å²) in [6.45, 7) is 10.7. The van der Waals surface area contributed by atoms with E-state index in [2.05, 4.69) is 58.5 Å². The third kappa shape index (κ3) is 4.57. The molecule has 0 bridgehead atoms. The van der Waals surface area contributed by atoms with Gasteiger partial charge in [0.05, 0.1) is 5.69 Å². The number of hydrogen-bond acceptors (Lipinski definition) is 5. The van der Waals surface area contributed by atoms with Crippen LogP contribution in [0.25, 0.3) is 0 Å². The van der Waals surface area contributed by atoms with E-state index in [1.807, 2.05) is 24.0 Å². The zero-order chi connectivity index (χ0) is 17.9. The highest BCUT2D eigenvalue weighted by molar-refractivity contribution is 5.42. The molecule has 0 saturated carbocycles. The zero-order valence-electron chi connectivity index (χ0n) is 15.9. The molecule has 3 rings (SSSR count). The first-order valence-electron chi connectivity index (χ1n) is 9.20. The van der Waals surface area contributed by atoms with Crippen molar-refractivity contribution in [2.45, 2.75) is 52.1 Å². The van der Waals surface area contributed by atoms with Crippen LogP contribution in [0.1, 0.15) is 44.9 Å². The van der Waals surface area contributed by atoms with Crippen molar-refractivity contribution >= 4 is 5.82 Å². The molecule has 0 amide bonds. The summed E-state index contributed by atoms with van der Waals surface area (Å²) in [6.07, 6.45) is 6.37. The summed E-state index contributed by atoms with van der Waals surface area (Å²) in [5.74, 6) is 1.67. The van der Waals surface area contributed by atoms with E-state index in [1.165, 1.54) is 18.4 Å². The van der Waals surface area contributed by atoms with Gasteiger partial charge in [0, 0.05) is 43.5 Å². The summed E-state index contributed by atoms with van der Waals surface area (Å²) < 4.78 is 2.03. The maximum atomic E-state index is 4.40. The molecule has 0 spiro atoms. The molecule has 6 nitrogen and oxygen atoms in total. The van der Waals surface area contributed by atoms with Gasteiger partial charge in [-0.25, -0.2) is 4.98 Å². The van der Waals surface area contributed by atoms with E-state index in [4.69, 9.17) is 0 Å². The molecule has 1 aliphatic rings. The Bertz CT molecular complexity index is 679.